The van der Waals surface area contributed by atoms with Crippen molar-refractivity contribution in [1.29, 1.82) is 0 Å². The second-order valence-corrected chi connectivity index (χ2v) is 4.25. The summed E-state index contributed by atoms with van der Waals surface area (Å²) < 4.78 is 0. The molecule has 16 heavy (non-hydrogen) atoms. The number of hydrogen-bond donors (Lipinski definition) is 1. The average Bonchev–Trinajstić information content (AvgIpc) is 2.38. The first-order valence-corrected chi connectivity index (χ1v) is 6.11. The van der Waals surface area contributed by atoms with Crippen LogP contribution in [0.4, 0.5) is 5.82 Å². The predicted molar refractivity (Wildman–Crippen MR) is 65.5 cm³/mol. The Hall–Kier alpha value is -1.16. The van der Waals surface area contributed by atoms with Crippen LogP contribution in [-0.2, 0) is 0 Å². The van der Waals surface area contributed by atoms with Crippen molar-refractivity contribution in [1.82, 2.24) is 15.3 Å². The van der Waals surface area contributed by atoms with Crippen molar-refractivity contribution in [2.45, 2.75) is 38.8 Å². The molecular weight excluding hydrogens is 200 g/mol. The van der Waals surface area contributed by atoms with Crippen LogP contribution in [0.15, 0.2) is 18.6 Å². The monoisotopic (exact) mass is 220 g/mol. The highest BCUT2D eigenvalue weighted by Crippen LogP contribution is 2.21. The SMILES string of the molecule is CCC1CNCC(CC)N1c1cnccn1. The zero-order valence-electron chi connectivity index (χ0n) is 10.1. The van der Waals surface area contributed by atoms with E-state index < -0.39 is 0 Å². The van der Waals surface area contributed by atoms with Crippen LogP contribution in [0, 0.1) is 0 Å². The lowest BCUT2D eigenvalue weighted by atomic mass is 10.0. The Bertz CT molecular complexity index is 302. The van der Waals surface area contributed by atoms with E-state index in [0.29, 0.717) is 12.1 Å². The third-order valence-corrected chi connectivity index (χ3v) is 3.30. The number of anilines is 1. The summed E-state index contributed by atoms with van der Waals surface area (Å²) in [7, 11) is 0. The molecule has 2 unspecified atom stereocenters. The van der Waals surface area contributed by atoms with Gasteiger partial charge in [0, 0.05) is 37.6 Å². The zero-order chi connectivity index (χ0) is 11.4. The Morgan fingerprint density at radius 3 is 2.44 bits per heavy atom. The fraction of sp³-hybridized carbons (Fsp3) is 0.667. The molecule has 0 amide bonds. The molecule has 1 fully saturated rings. The van der Waals surface area contributed by atoms with E-state index >= 15 is 0 Å². The summed E-state index contributed by atoms with van der Waals surface area (Å²) in [5.41, 5.74) is 0. The van der Waals surface area contributed by atoms with Gasteiger partial charge in [-0.25, -0.2) is 4.98 Å². The third-order valence-electron chi connectivity index (χ3n) is 3.30. The van der Waals surface area contributed by atoms with Crippen LogP contribution in [0.5, 0.6) is 0 Å². The van der Waals surface area contributed by atoms with Crippen LogP contribution in [0.1, 0.15) is 26.7 Å². The number of hydrogen-bond acceptors (Lipinski definition) is 4. The van der Waals surface area contributed by atoms with E-state index in [2.05, 4.69) is 34.0 Å². The molecule has 2 rings (SSSR count). The summed E-state index contributed by atoms with van der Waals surface area (Å²) >= 11 is 0. The minimum absolute atomic E-state index is 0.537. The molecule has 1 aromatic rings. The van der Waals surface area contributed by atoms with Crippen molar-refractivity contribution in [2.24, 2.45) is 0 Å². The summed E-state index contributed by atoms with van der Waals surface area (Å²) in [4.78, 5) is 11.0. The minimum atomic E-state index is 0.537. The van der Waals surface area contributed by atoms with Gasteiger partial charge in [-0.2, -0.15) is 0 Å². The maximum Gasteiger partial charge on any atom is 0.147 e. The maximum absolute atomic E-state index is 4.43. The molecule has 0 bridgehead atoms. The maximum atomic E-state index is 4.43. The van der Waals surface area contributed by atoms with Crippen molar-refractivity contribution in [3.05, 3.63) is 18.6 Å². The van der Waals surface area contributed by atoms with Gasteiger partial charge in [-0.1, -0.05) is 13.8 Å². The third kappa shape index (κ3) is 2.16. The zero-order valence-corrected chi connectivity index (χ0v) is 10.1. The first-order valence-electron chi connectivity index (χ1n) is 6.11. The average molecular weight is 220 g/mol. The number of nitrogens with one attached hydrogen (secondary N) is 1. The largest absolute Gasteiger partial charge is 0.347 e. The quantitative estimate of drug-likeness (QED) is 0.837. The lowest BCUT2D eigenvalue weighted by Crippen LogP contribution is -2.57. The molecule has 88 valence electrons. The first-order chi connectivity index (χ1) is 7.86. The van der Waals surface area contributed by atoms with Gasteiger partial charge in [0.1, 0.15) is 5.82 Å². The van der Waals surface area contributed by atoms with E-state index in [9.17, 15) is 0 Å². The lowest BCUT2D eigenvalue weighted by molar-refractivity contribution is 0.381. The van der Waals surface area contributed by atoms with Crippen LogP contribution in [-0.4, -0.2) is 35.1 Å². The Balaban J connectivity index is 2.24. The highest BCUT2D eigenvalue weighted by molar-refractivity contribution is 5.39. The van der Waals surface area contributed by atoms with E-state index in [-0.39, 0.29) is 0 Å². The fourth-order valence-corrected chi connectivity index (χ4v) is 2.39. The number of aromatic nitrogens is 2. The molecule has 2 heterocycles. The predicted octanol–water partition coefficient (Wildman–Crippen LogP) is 1.44. The van der Waals surface area contributed by atoms with Crippen molar-refractivity contribution in [3.63, 3.8) is 0 Å². The standard InChI is InChI=1S/C12H20N4/c1-3-10-7-14-8-11(4-2)16(10)12-9-13-5-6-15-12/h5-6,9-11,14H,3-4,7-8H2,1-2H3. The number of rotatable bonds is 3. The van der Waals surface area contributed by atoms with Gasteiger partial charge in [-0.3, -0.25) is 4.98 Å². The topological polar surface area (TPSA) is 41.0 Å². The van der Waals surface area contributed by atoms with Gasteiger partial charge < -0.3 is 10.2 Å². The normalized spacial score (nSPS) is 25.8. The Morgan fingerprint density at radius 1 is 1.25 bits per heavy atom. The molecule has 1 aliphatic heterocycles. The molecule has 2 atom stereocenters. The van der Waals surface area contributed by atoms with Crippen molar-refractivity contribution < 1.29 is 0 Å². The van der Waals surface area contributed by atoms with Crippen LogP contribution in [0.2, 0.25) is 0 Å². The Labute approximate surface area is 97.1 Å². The van der Waals surface area contributed by atoms with Gasteiger partial charge >= 0.3 is 0 Å². The molecule has 4 nitrogen and oxygen atoms in total. The van der Waals surface area contributed by atoms with Crippen molar-refractivity contribution in [2.75, 3.05) is 18.0 Å². The minimum Gasteiger partial charge on any atom is -0.347 e. The highest BCUT2D eigenvalue weighted by Gasteiger charge is 2.29. The molecule has 0 saturated carbocycles. The molecule has 1 aromatic heterocycles. The van der Waals surface area contributed by atoms with E-state index in [1.165, 1.54) is 0 Å². The van der Waals surface area contributed by atoms with Gasteiger partial charge in [0.05, 0.1) is 6.20 Å². The summed E-state index contributed by atoms with van der Waals surface area (Å²) in [6.07, 6.45) is 7.65. The molecule has 0 radical (unpaired) electrons. The highest BCUT2D eigenvalue weighted by atomic mass is 15.3. The van der Waals surface area contributed by atoms with Crippen LogP contribution < -0.4 is 10.2 Å². The van der Waals surface area contributed by atoms with Crippen LogP contribution in [0.3, 0.4) is 0 Å². The Kier molecular flexibility index (Phi) is 3.72. The second kappa shape index (κ2) is 5.25. The summed E-state index contributed by atoms with van der Waals surface area (Å²) in [6.45, 7) is 6.55. The summed E-state index contributed by atoms with van der Waals surface area (Å²) in [6, 6.07) is 1.07. The van der Waals surface area contributed by atoms with E-state index in [0.717, 1.165) is 31.7 Å². The van der Waals surface area contributed by atoms with Crippen LogP contribution >= 0.6 is 0 Å². The van der Waals surface area contributed by atoms with Gasteiger partial charge in [-0.15, -0.1) is 0 Å². The summed E-state index contributed by atoms with van der Waals surface area (Å²) in [5, 5.41) is 3.50. The van der Waals surface area contributed by atoms with E-state index in [4.69, 9.17) is 0 Å². The van der Waals surface area contributed by atoms with E-state index in [1.807, 2.05) is 6.20 Å². The van der Waals surface area contributed by atoms with Gasteiger partial charge in [0.2, 0.25) is 0 Å². The number of nitrogens with zero attached hydrogens (tertiary/aromatic N) is 3. The molecule has 0 spiro atoms. The number of piperazine rings is 1. The molecule has 1 saturated heterocycles. The van der Waals surface area contributed by atoms with Crippen molar-refractivity contribution >= 4 is 5.82 Å². The molecule has 4 heteroatoms. The molecule has 0 aliphatic carbocycles. The summed E-state index contributed by atoms with van der Waals surface area (Å²) in [5.74, 6) is 1.02. The molecule has 0 aromatic carbocycles. The van der Waals surface area contributed by atoms with Crippen LogP contribution in [0.25, 0.3) is 0 Å². The lowest BCUT2D eigenvalue weighted by Gasteiger charge is -2.42. The Morgan fingerprint density at radius 2 is 1.94 bits per heavy atom. The van der Waals surface area contributed by atoms with Gasteiger partial charge in [0.25, 0.3) is 0 Å². The first kappa shape index (κ1) is 11.3. The fourth-order valence-electron chi connectivity index (χ4n) is 2.39. The van der Waals surface area contributed by atoms with Gasteiger partial charge in [0.15, 0.2) is 0 Å². The molecule has 1 N–H and O–H groups in total. The van der Waals surface area contributed by atoms with Crippen molar-refractivity contribution in [3.8, 4) is 0 Å². The molecule has 1 aliphatic rings. The molecular formula is C12H20N4. The second-order valence-electron chi connectivity index (χ2n) is 4.25. The van der Waals surface area contributed by atoms with E-state index in [1.54, 1.807) is 12.4 Å². The smallest absolute Gasteiger partial charge is 0.147 e. The van der Waals surface area contributed by atoms with Gasteiger partial charge in [-0.05, 0) is 12.8 Å².